The summed E-state index contributed by atoms with van der Waals surface area (Å²) in [6.45, 7) is 7.74. The van der Waals surface area contributed by atoms with E-state index in [2.05, 4.69) is 29.1 Å². The minimum absolute atomic E-state index is 0.139. The number of aromatic nitrogens is 2. The second-order valence-corrected chi connectivity index (χ2v) is 5.78. The summed E-state index contributed by atoms with van der Waals surface area (Å²) in [4.78, 5) is 22.8. The molecular formula is C18H24N4O. The Bertz CT molecular complexity index is 611. The summed E-state index contributed by atoms with van der Waals surface area (Å²) in [5.74, 6) is 1.20. The first-order valence-corrected chi connectivity index (χ1v) is 8.04. The average Bonchev–Trinajstić information content (AvgIpc) is 2.57. The van der Waals surface area contributed by atoms with Crippen molar-refractivity contribution in [1.29, 1.82) is 0 Å². The lowest BCUT2D eigenvalue weighted by molar-refractivity contribution is 0.0983. The zero-order valence-corrected chi connectivity index (χ0v) is 14.0. The highest BCUT2D eigenvalue weighted by Gasteiger charge is 2.17. The predicted molar refractivity (Wildman–Crippen MR) is 93.8 cm³/mol. The van der Waals surface area contributed by atoms with E-state index in [1.54, 1.807) is 11.1 Å². The van der Waals surface area contributed by atoms with Crippen molar-refractivity contribution in [2.24, 2.45) is 5.92 Å². The fourth-order valence-corrected chi connectivity index (χ4v) is 2.21. The highest BCUT2D eigenvalue weighted by molar-refractivity contribution is 6.04. The van der Waals surface area contributed by atoms with Gasteiger partial charge in [0.25, 0.3) is 5.91 Å². The van der Waals surface area contributed by atoms with Crippen molar-refractivity contribution in [3.63, 3.8) is 0 Å². The van der Waals surface area contributed by atoms with Crippen molar-refractivity contribution >= 4 is 17.4 Å². The van der Waals surface area contributed by atoms with Gasteiger partial charge in [0.15, 0.2) is 0 Å². The van der Waals surface area contributed by atoms with Gasteiger partial charge in [0, 0.05) is 18.8 Å². The Morgan fingerprint density at radius 2 is 1.91 bits per heavy atom. The summed E-state index contributed by atoms with van der Waals surface area (Å²) < 4.78 is 0. The summed E-state index contributed by atoms with van der Waals surface area (Å²) in [6, 6.07) is 9.59. The van der Waals surface area contributed by atoms with E-state index < -0.39 is 0 Å². The maximum absolute atomic E-state index is 12.6. The van der Waals surface area contributed by atoms with Crippen molar-refractivity contribution in [3.8, 4) is 0 Å². The lowest BCUT2D eigenvalue weighted by Crippen LogP contribution is -2.31. The maximum Gasteiger partial charge on any atom is 0.278 e. The number of anilines is 2. The number of amides is 1. The Morgan fingerprint density at radius 1 is 1.17 bits per heavy atom. The Hall–Kier alpha value is -2.43. The molecule has 1 N–H and O–H groups in total. The number of rotatable bonds is 7. The first-order valence-electron chi connectivity index (χ1n) is 8.04. The molecule has 0 radical (unpaired) electrons. The largest absolute Gasteiger partial charge is 0.369 e. The normalized spacial score (nSPS) is 10.6. The zero-order chi connectivity index (χ0) is 16.7. The van der Waals surface area contributed by atoms with Crippen LogP contribution >= 0.6 is 0 Å². The number of carbonyl (C=O) groups is 1. The Labute approximate surface area is 137 Å². The summed E-state index contributed by atoms with van der Waals surface area (Å²) in [7, 11) is 0. The van der Waals surface area contributed by atoms with Crippen LogP contribution in [0.3, 0.4) is 0 Å². The molecule has 23 heavy (non-hydrogen) atoms. The quantitative estimate of drug-likeness (QED) is 0.848. The molecule has 0 bridgehead atoms. The smallest absolute Gasteiger partial charge is 0.278 e. The van der Waals surface area contributed by atoms with E-state index in [1.165, 1.54) is 6.20 Å². The first-order chi connectivity index (χ1) is 11.1. The van der Waals surface area contributed by atoms with E-state index >= 15 is 0 Å². The van der Waals surface area contributed by atoms with Crippen molar-refractivity contribution < 1.29 is 4.79 Å². The summed E-state index contributed by atoms with van der Waals surface area (Å²) in [5, 5.41) is 3.22. The zero-order valence-electron chi connectivity index (χ0n) is 14.0. The van der Waals surface area contributed by atoms with Gasteiger partial charge in [-0.25, -0.2) is 9.97 Å². The van der Waals surface area contributed by atoms with E-state index in [0.29, 0.717) is 24.0 Å². The number of nitrogens with one attached hydrogen (secondary N) is 1. The summed E-state index contributed by atoms with van der Waals surface area (Å²) in [6.07, 6.45) is 4.22. The number of benzene rings is 1. The van der Waals surface area contributed by atoms with Crippen LogP contribution in [0.15, 0.2) is 42.7 Å². The van der Waals surface area contributed by atoms with Crippen LogP contribution < -0.4 is 10.2 Å². The molecule has 1 aromatic carbocycles. The van der Waals surface area contributed by atoms with Gasteiger partial charge in [-0.3, -0.25) is 4.79 Å². The highest BCUT2D eigenvalue weighted by Crippen LogP contribution is 2.15. The fraction of sp³-hybridized carbons (Fsp3) is 0.389. The van der Waals surface area contributed by atoms with Gasteiger partial charge in [-0.15, -0.1) is 0 Å². The molecule has 2 rings (SSSR count). The maximum atomic E-state index is 12.6. The minimum atomic E-state index is -0.139. The monoisotopic (exact) mass is 312 g/mol. The van der Waals surface area contributed by atoms with E-state index in [-0.39, 0.29) is 5.91 Å². The second kappa shape index (κ2) is 8.27. The Balaban J connectivity index is 2.04. The standard InChI is InChI=1S/C18H24N4O/c1-4-22(15-8-6-5-7-9-15)18(23)16-12-21-17(13-20-16)19-11-10-14(2)3/h5-9,12-14H,4,10-11H2,1-3H3,(H,19,21). The predicted octanol–water partition coefficient (Wildman–Crippen LogP) is 3.60. The van der Waals surface area contributed by atoms with Crippen molar-refractivity contribution in [2.75, 3.05) is 23.3 Å². The molecule has 0 atom stereocenters. The number of para-hydroxylation sites is 1. The fourth-order valence-electron chi connectivity index (χ4n) is 2.21. The van der Waals surface area contributed by atoms with E-state index in [9.17, 15) is 4.79 Å². The lowest BCUT2D eigenvalue weighted by Gasteiger charge is -2.20. The van der Waals surface area contributed by atoms with Gasteiger partial charge in [-0.2, -0.15) is 0 Å². The van der Waals surface area contributed by atoms with Gasteiger partial charge in [0.05, 0.1) is 12.4 Å². The van der Waals surface area contributed by atoms with Gasteiger partial charge in [-0.05, 0) is 31.4 Å². The van der Waals surface area contributed by atoms with Gasteiger partial charge in [0.1, 0.15) is 11.5 Å². The SMILES string of the molecule is CCN(C(=O)c1cnc(NCCC(C)C)cn1)c1ccccc1. The van der Waals surface area contributed by atoms with Crippen LogP contribution in [0.4, 0.5) is 11.5 Å². The number of carbonyl (C=O) groups excluding carboxylic acids is 1. The van der Waals surface area contributed by atoms with Crippen LogP contribution in [-0.4, -0.2) is 29.0 Å². The third-order valence-electron chi connectivity index (χ3n) is 3.53. The van der Waals surface area contributed by atoms with Crippen LogP contribution in [0, 0.1) is 5.92 Å². The molecule has 0 aliphatic heterocycles. The van der Waals surface area contributed by atoms with Gasteiger partial charge >= 0.3 is 0 Å². The van der Waals surface area contributed by atoms with E-state index in [1.807, 2.05) is 37.3 Å². The molecule has 0 spiro atoms. The van der Waals surface area contributed by atoms with E-state index in [4.69, 9.17) is 0 Å². The molecule has 1 heterocycles. The van der Waals surface area contributed by atoms with Crippen LogP contribution in [0.5, 0.6) is 0 Å². The molecular weight excluding hydrogens is 288 g/mol. The molecule has 0 fully saturated rings. The third kappa shape index (κ3) is 4.77. The molecule has 0 aliphatic carbocycles. The number of nitrogens with zero attached hydrogens (tertiary/aromatic N) is 3. The number of hydrogen-bond donors (Lipinski definition) is 1. The van der Waals surface area contributed by atoms with E-state index in [0.717, 1.165) is 18.7 Å². The molecule has 2 aromatic rings. The average molecular weight is 312 g/mol. The van der Waals surface area contributed by atoms with Crippen LogP contribution in [-0.2, 0) is 0 Å². The van der Waals surface area contributed by atoms with Gasteiger partial charge < -0.3 is 10.2 Å². The summed E-state index contributed by atoms with van der Waals surface area (Å²) in [5.41, 5.74) is 1.21. The molecule has 1 aromatic heterocycles. The van der Waals surface area contributed by atoms with Crippen LogP contribution in [0.2, 0.25) is 0 Å². The minimum Gasteiger partial charge on any atom is -0.369 e. The molecule has 5 nitrogen and oxygen atoms in total. The summed E-state index contributed by atoms with van der Waals surface area (Å²) >= 11 is 0. The van der Waals surface area contributed by atoms with Crippen LogP contribution in [0.25, 0.3) is 0 Å². The molecule has 0 saturated heterocycles. The third-order valence-corrected chi connectivity index (χ3v) is 3.53. The molecule has 0 saturated carbocycles. The topological polar surface area (TPSA) is 58.1 Å². The Kier molecular flexibility index (Phi) is 6.09. The molecule has 0 unspecified atom stereocenters. The van der Waals surface area contributed by atoms with Crippen molar-refractivity contribution in [2.45, 2.75) is 27.2 Å². The second-order valence-electron chi connectivity index (χ2n) is 5.78. The molecule has 1 amide bonds. The lowest BCUT2D eigenvalue weighted by atomic mass is 10.1. The van der Waals surface area contributed by atoms with Gasteiger partial charge in [0.2, 0.25) is 0 Å². The number of hydrogen-bond acceptors (Lipinski definition) is 4. The molecule has 122 valence electrons. The van der Waals surface area contributed by atoms with Crippen molar-refractivity contribution in [1.82, 2.24) is 9.97 Å². The van der Waals surface area contributed by atoms with Crippen LogP contribution in [0.1, 0.15) is 37.7 Å². The highest BCUT2D eigenvalue weighted by atomic mass is 16.2. The Morgan fingerprint density at radius 3 is 2.48 bits per heavy atom. The molecule has 0 aliphatic rings. The van der Waals surface area contributed by atoms with Gasteiger partial charge in [-0.1, -0.05) is 32.0 Å². The molecule has 5 heteroatoms. The van der Waals surface area contributed by atoms with Crippen molar-refractivity contribution in [3.05, 3.63) is 48.4 Å². The first kappa shape index (κ1) is 16.9.